The summed E-state index contributed by atoms with van der Waals surface area (Å²) in [6.45, 7) is 2.40. The Morgan fingerprint density at radius 3 is 2.18 bits per heavy atom. The van der Waals surface area contributed by atoms with E-state index in [2.05, 4.69) is 4.90 Å². The van der Waals surface area contributed by atoms with Crippen molar-refractivity contribution in [3.05, 3.63) is 70.3 Å². The van der Waals surface area contributed by atoms with Gasteiger partial charge in [-0.05, 0) is 24.3 Å². The number of rotatable bonds is 5. The van der Waals surface area contributed by atoms with Crippen molar-refractivity contribution < 1.29 is 14.5 Å². The third-order valence-electron chi connectivity index (χ3n) is 4.80. The molecule has 8 heteroatoms. The summed E-state index contributed by atoms with van der Waals surface area (Å²) in [5.41, 5.74) is 1.51. The normalized spacial score (nSPS) is 13.9. The molecule has 1 aliphatic heterocycles. The molecule has 0 aromatic heterocycles. The maximum atomic E-state index is 12.5. The van der Waals surface area contributed by atoms with Crippen LogP contribution in [-0.2, 0) is 4.79 Å². The number of nitrogens with zero attached hydrogens (tertiary/aromatic N) is 4. The number of amides is 2. The van der Waals surface area contributed by atoms with Crippen molar-refractivity contribution in [3.8, 4) is 0 Å². The molecule has 0 saturated carbocycles. The summed E-state index contributed by atoms with van der Waals surface area (Å²) < 4.78 is 0. The molecule has 1 fully saturated rings. The van der Waals surface area contributed by atoms with E-state index in [1.165, 1.54) is 17.0 Å². The number of likely N-dealkylation sites (N-methyl/N-ethyl adjacent to an activating group) is 1. The number of hydrogen-bond acceptors (Lipinski definition) is 5. The lowest BCUT2D eigenvalue weighted by atomic mass is 10.2. The van der Waals surface area contributed by atoms with Crippen molar-refractivity contribution in [2.45, 2.75) is 0 Å². The number of hydrogen-bond donors (Lipinski definition) is 0. The Bertz CT molecular complexity index is 846. The summed E-state index contributed by atoms with van der Waals surface area (Å²) in [6, 6.07) is 15.3. The average Bonchev–Trinajstić information content (AvgIpc) is 2.74. The molecule has 0 radical (unpaired) electrons. The van der Waals surface area contributed by atoms with Crippen molar-refractivity contribution >= 4 is 23.2 Å². The quantitative estimate of drug-likeness (QED) is 0.583. The van der Waals surface area contributed by atoms with Gasteiger partial charge in [0.05, 0.1) is 11.5 Å². The molecule has 1 aliphatic rings. The third kappa shape index (κ3) is 4.46. The van der Waals surface area contributed by atoms with Crippen LogP contribution in [0.1, 0.15) is 10.4 Å². The standard InChI is InChI=1S/C20H22N4O4/c1-21(20(26)16-5-3-2-4-6-16)15-19(25)23-13-11-22(12-14-23)17-7-9-18(10-8-17)24(27)28/h2-10H,11-15H2,1H3. The van der Waals surface area contributed by atoms with Gasteiger partial charge in [-0.25, -0.2) is 0 Å². The monoisotopic (exact) mass is 382 g/mol. The van der Waals surface area contributed by atoms with Gasteiger partial charge in [-0.3, -0.25) is 19.7 Å². The van der Waals surface area contributed by atoms with E-state index in [1.54, 1.807) is 48.3 Å². The number of anilines is 1. The summed E-state index contributed by atoms with van der Waals surface area (Å²) in [5, 5.41) is 10.8. The molecule has 2 amide bonds. The fourth-order valence-corrected chi connectivity index (χ4v) is 3.18. The highest BCUT2D eigenvalue weighted by Gasteiger charge is 2.24. The Kier molecular flexibility index (Phi) is 5.88. The van der Waals surface area contributed by atoms with Crippen molar-refractivity contribution in [2.75, 3.05) is 44.7 Å². The second-order valence-electron chi connectivity index (χ2n) is 6.67. The van der Waals surface area contributed by atoms with E-state index < -0.39 is 4.92 Å². The van der Waals surface area contributed by atoms with Crippen molar-refractivity contribution in [2.24, 2.45) is 0 Å². The van der Waals surface area contributed by atoms with E-state index in [-0.39, 0.29) is 24.0 Å². The van der Waals surface area contributed by atoms with Gasteiger partial charge >= 0.3 is 0 Å². The van der Waals surface area contributed by atoms with Crippen LogP contribution in [0, 0.1) is 10.1 Å². The maximum absolute atomic E-state index is 12.5. The van der Waals surface area contributed by atoms with Gasteiger partial charge in [-0.15, -0.1) is 0 Å². The number of carbonyl (C=O) groups excluding carboxylic acids is 2. The van der Waals surface area contributed by atoms with Crippen LogP contribution in [-0.4, -0.2) is 66.3 Å². The number of carbonyl (C=O) groups is 2. The highest BCUT2D eigenvalue weighted by Crippen LogP contribution is 2.20. The van der Waals surface area contributed by atoms with Crippen LogP contribution in [0.4, 0.5) is 11.4 Å². The van der Waals surface area contributed by atoms with Crippen LogP contribution in [0.15, 0.2) is 54.6 Å². The molecule has 0 bridgehead atoms. The molecular formula is C20H22N4O4. The molecule has 2 aromatic rings. The molecule has 1 heterocycles. The summed E-state index contributed by atoms with van der Waals surface area (Å²) in [4.78, 5) is 40.5. The second-order valence-corrected chi connectivity index (χ2v) is 6.67. The first-order valence-corrected chi connectivity index (χ1v) is 9.03. The predicted molar refractivity (Wildman–Crippen MR) is 105 cm³/mol. The summed E-state index contributed by atoms with van der Waals surface area (Å²) in [7, 11) is 1.63. The van der Waals surface area contributed by atoms with Gasteiger partial charge < -0.3 is 14.7 Å². The van der Waals surface area contributed by atoms with E-state index >= 15 is 0 Å². The van der Waals surface area contributed by atoms with Gasteiger partial charge in [0.1, 0.15) is 0 Å². The lowest BCUT2D eigenvalue weighted by Crippen LogP contribution is -2.51. The molecule has 0 atom stereocenters. The van der Waals surface area contributed by atoms with E-state index in [9.17, 15) is 19.7 Å². The first kappa shape index (κ1) is 19.3. The molecule has 1 saturated heterocycles. The predicted octanol–water partition coefficient (Wildman–Crippen LogP) is 2.02. The molecule has 0 spiro atoms. The van der Waals surface area contributed by atoms with Crippen molar-refractivity contribution in [3.63, 3.8) is 0 Å². The molecule has 146 valence electrons. The van der Waals surface area contributed by atoms with Gasteiger partial charge in [0, 0.05) is 56.6 Å². The van der Waals surface area contributed by atoms with E-state index in [0.717, 1.165) is 5.69 Å². The highest BCUT2D eigenvalue weighted by molar-refractivity contribution is 5.96. The number of non-ortho nitro benzene ring substituents is 1. The number of nitro groups is 1. The lowest BCUT2D eigenvalue weighted by Gasteiger charge is -2.36. The molecule has 28 heavy (non-hydrogen) atoms. The molecule has 0 unspecified atom stereocenters. The topological polar surface area (TPSA) is 87.0 Å². The minimum atomic E-state index is -0.423. The van der Waals surface area contributed by atoms with Crippen LogP contribution in [0.5, 0.6) is 0 Å². The Labute approximate surface area is 163 Å². The molecule has 2 aromatic carbocycles. The fraction of sp³-hybridized carbons (Fsp3) is 0.300. The largest absolute Gasteiger partial charge is 0.368 e. The van der Waals surface area contributed by atoms with Crippen LogP contribution in [0.2, 0.25) is 0 Å². The summed E-state index contributed by atoms with van der Waals surface area (Å²) in [6.07, 6.45) is 0. The zero-order chi connectivity index (χ0) is 20.1. The molecule has 0 aliphatic carbocycles. The van der Waals surface area contributed by atoms with Gasteiger partial charge in [0.15, 0.2) is 0 Å². The highest BCUT2D eigenvalue weighted by atomic mass is 16.6. The van der Waals surface area contributed by atoms with E-state index in [1.807, 2.05) is 6.07 Å². The second kappa shape index (κ2) is 8.51. The van der Waals surface area contributed by atoms with Gasteiger partial charge in [0.2, 0.25) is 5.91 Å². The summed E-state index contributed by atoms with van der Waals surface area (Å²) >= 11 is 0. The van der Waals surface area contributed by atoms with Crippen LogP contribution < -0.4 is 4.90 Å². The Balaban J connectivity index is 1.52. The Morgan fingerprint density at radius 2 is 1.61 bits per heavy atom. The van der Waals surface area contributed by atoms with Crippen LogP contribution in [0.3, 0.4) is 0 Å². The van der Waals surface area contributed by atoms with E-state index in [4.69, 9.17) is 0 Å². The average molecular weight is 382 g/mol. The van der Waals surface area contributed by atoms with E-state index in [0.29, 0.717) is 31.7 Å². The first-order chi connectivity index (χ1) is 13.5. The molecule has 3 rings (SSSR count). The van der Waals surface area contributed by atoms with Crippen molar-refractivity contribution in [1.82, 2.24) is 9.80 Å². The summed E-state index contributed by atoms with van der Waals surface area (Å²) in [5.74, 6) is -0.270. The smallest absolute Gasteiger partial charge is 0.269 e. The van der Waals surface area contributed by atoms with Gasteiger partial charge in [-0.2, -0.15) is 0 Å². The van der Waals surface area contributed by atoms with Gasteiger partial charge in [0.25, 0.3) is 11.6 Å². The Hall–Kier alpha value is -3.42. The Morgan fingerprint density at radius 1 is 1.00 bits per heavy atom. The maximum Gasteiger partial charge on any atom is 0.269 e. The third-order valence-corrected chi connectivity index (χ3v) is 4.80. The number of piperazine rings is 1. The van der Waals surface area contributed by atoms with Crippen LogP contribution >= 0.6 is 0 Å². The first-order valence-electron chi connectivity index (χ1n) is 9.03. The van der Waals surface area contributed by atoms with Crippen LogP contribution in [0.25, 0.3) is 0 Å². The zero-order valence-corrected chi connectivity index (χ0v) is 15.7. The number of nitro benzene ring substituents is 1. The minimum absolute atomic E-state index is 0.0330. The SMILES string of the molecule is CN(CC(=O)N1CCN(c2ccc([N+](=O)[O-])cc2)CC1)C(=O)c1ccccc1. The zero-order valence-electron chi connectivity index (χ0n) is 15.7. The number of benzene rings is 2. The minimum Gasteiger partial charge on any atom is -0.368 e. The lowest BCUT2D eigenvalue weighted by molar-refractivity contribution is -0.384. The molecule has 0 N–H and O–H groups in total. The van der Waals surface area contributed by atoms with Gasteiger partial charge in [-0.1, -0.05) is 18.2 Å². The molecule has 8 nitrogen and oxygen atoms in total. The molecular weight excluding hydrogens is 360 g/mol. The van der Waals surface area contributed by atoms with Crippen molar-refractivity contribution in [1.29, 1.82) is 0 Å². The fourth-order valence-electron chi connectivity index (χ4n) is 3.18.